The first-order valence-electron chi connectivity index (χ1n) is 4.58. The molecule has 1 aromatic carbocycles. The van der Waals surface area contributed by atoms with E-state index in [4.69, 9.17) is 0 Å². The smallest absolute Gasteiger partial charge is 0.253 e. The van der Waals surface area contributed by atoms with E-state index < -0.39 is 0 Å². The Labute approximate surface area is 80.6 Å². The Kier molecular flexibility index (Phi) is 1.39. The van der Waals surface area contributed by atoms with Crippen molar-refractivity contribution in [3.05, 3.63) is 30.1 Å². The van der Waals surface area contributed by atoms with Crippen LogP contribution in [0.5, 0.6) is 0 Å². The van der Waals surface area contributed by atoms with Gasteiger partial charge in [-0.2, -0.15) is 0 Å². The molecule has 2 aromatic rings. The Morgan fingerprint density at radius 1 is 1.43 bits per heavy atom. The number of hydrogen-bond donors (Lipinski definition) is 1. The van der Waals surface area contributed by atoms with Crippen molar-refractivity contribution in [1.29, 1.82) is 0 Å². The summed E-state index contributed by atoms with van der Waals surface area (Å²) in [6.07, 6.45) is 1.79. The highest BCUT2D eigenvalue weighted by Crippen LogP contribution is 2.19. The molecule has 0 bridgehead atoms. The van der Waals surface area contributed by atoms with E-state index in [2.05, 4.69) is 10.3 Å². The SMILES string of the molecule is O=C1NCCn2cnc3cccc1c32. The molecule has 0 radical (unpaired) electrons. The van der Waals surface area contributed by atoms with Crippen LogP contribution in [0.1, 0.15) is 10.4 Å². The van der Waals surface area contributed by atoms with Crippen LogP contribution in [0.25, 0.3) is 11.0 Å². The van der Waals surface area contributed by atoms with Gasteiger partial charge in [-0.1, -0.05) is 6.07 Å². The summed E-state index contributed by atoms with van der Waals surface area (Å²) >= 11 is 0. The first kappa shape index (κ1) is 7.55. The molecular formula is C10H9N3O. The summed E-state index contributed by atoms with van der Waals surface area (Å²) in [7, 11) is 0. The minimum absolute atomic E-state index is 0.00477. The van der Waals surface area contributed by atoms with Crippen LogP contribution in [-0.2, 0) is 6.54 Å². The number of benzene rings is 1. The minimum atomic E-state index is -0.00477. The molecule has 1 aliphatic heterocycles. The van der Waals surface area contributed by atoms with E-state index in [1.807, 2.05) is 22.8 Å². The summed E-state index contributed by atoms with van der Waals surface area (Å²) in [5.74, 6) is -0.00477. The van der Waals surface area contributed by atoms with E-state index in [9.17, 15) is 4.79 Å². The third-order valence-corrected chi connectivity index (χ3v) is 2.52. The van der Waals surface area contributed by atoms with Crippen molar-refractivity contribution < 1.29 is 4.79 Å². The Morgan fingerprint density at radius 2 is 2.36 bits per heavy atom. The molecule has 0 saturated carbocycles. The van der Waals surface area contributed by atoms with Crippen LogP contribution in [0.4, 0.5) is 0 Å². The quantitative estimate of drug-likeness (QED) is 0.662. The van der Waals surface area contributed by atoms with E-state index in [0.717, 1.165) is 23.1 Å². The van der Waals surface area contributed by atoms with Gasteiger partial charge in [-0.25, -0.2) is 4.98 Å². The molecular weight excluding hydrogens is 178 g/mol. The monoisotopic (exact) mass is 187 g/mol. The molecule has 0 aliphatic carbocycles. The standard InChI is InChI=1S/C10H9N3O/c14-10-7-2-1-3-8-9(7)13(6-12-8)5-4-11-10/h1-3,6H,4-5H2,(H,11,14). The predicted molar refractivity (Wildman–Crippen MR) is 52.1 cm³/mol. The number of carbonyl (C=O) groups excluding carboxylic acids is 1. The predicted octanol–water partition coefficient (Wildman–Crippen LogP) is 0.780. The lowest BCUT2D eigenvalue weighted by Gasteiger charge is -1.99. The molecule has 4 heteroatoms. The van der Waals surface area contributed by atoms with E-state index >= 15 is 0 Å². The fourth-order valence-corrected chi connectivity index (χ4v) is 1.86. The van der Waals surface area contributed by atoms with Crippen LogP contribution in [0.2, 0.25) is 0 Å². The molecule has 1 N–H and O–H groups in total. The highest BCUT2D eigenvalue weighted by Gasteiger charge is 2.16. The Bertz CT molecular complexity index is 515. The van der Waals surface area contributed by atoms with E-state index in [0.29, 0.717) is 6.54 Å². The molecule has 2 heterocycles. The first-order valence-corrected chi connectivity index (χ1v) is 4.58. The Hall–Kier alpha value is -1.84. The molecule has 0 unspecified atom stereocenters. The fourth-order valence-electron chi connectivity index (χ4n) is 1.86. The van der Waals surface area contributed by atoms with Gasteiger partial charge in [0.05, 0.1) is 22.9 Å². The zero-order valence-electron chi connectivity index (χ0n) is 7.53. The third kappa shape index (κ3) is 0.878. The van der Waals surface area contributed by atoms with Crippen molar-refractivity contribution in [1.82, 2.24) is 14.9 Å². The first-order chi connectivity index (χ1) is 6.86. The number of rotatable bonds is 0. The van der Waals surface area contributed by atoms with Gasteiger partial charge in [0.2, 0.25) is 0 Å². The van der Waals surface area contributed by atoms with E-state index in [1.165, 1.54) is 0 Å². The van der Waals surface area contributed by atoms with Crippen molar-refractivity contribution in [2.75, 3.05) is 6.54 Å². The maximum absolute atomic E-state index is 11.6. The zero-order chi connectivity index (χ0) is 9.54. The summed E-state index contributed by atoms with van der Waals surface area (Å²) in [5, 5.41) is 2.85. The van der Waals surface area contributed by atoms with Crippen molar-refractivity contribution in [2.24, 2.45) is 0 Å². The molecule has 1 amide bonds. The van der Waals surface area contributed by atoms with Crippen molar-refractivity contribution in [3.63, 3.8) is 0 Å². The van der Waals surface area contributed by atoms with Gasteiger partial charge in [-0.05, 0) is 12.1 Å². The van der Waals surface area contributed by atoms with Gasteiger partial charge in [0, 0.05) is 13.1 Å². The zero-order valence-corrected chi connectivity index (χ0v) is 7.53. The second-order valence-corrected chi connectivity index (χ2v) is 3.37. The average Bonchev–Trinajstić information content (AvgIpc) is 2.53. The maximum Gasteiger partial charge on any atom is 0.253 e. The lowest BCUT2D eigenvalue weighted by molar-refractivity contribution is 0.0956. The summed E-state index contributed by atoms with van der Waals surface area (Å²) in [4.78, 5) is 15.9. The largest absolute Gasteiger partial charge is 0.350 e. The average molecular weight is 187 g/mol. The maximum atomic E-state index is 11.6. The van der Waals surface area contributed by atoms with Crippen molar-refractivity contribution >= 4 is 16.9 Å². The van der Waals surface area contributed by atoms with Gasteiger partial charge >= 0.3 is 0 Å². The molecule has 0 saturated heterocycles. The normalized spacial score (nSPS) is 15.3. The third-order valence-electron chi connectivity index (χ3n) is 2.52. The van der Waals surface area contributed by atoms with Gasteiger partial charge in [-0.15, -0.1) is 0 Å². The summed E-state index contributed by atoms with van der Waals surface area (Å²) in [6, 6.07) is 5.62. The number of carbonyl (C=O) groups is 1. The fraction of sp³-hybridized carbons (Fsp3) is 0.200. The van der Waals surface area contributed by atoms with E-state index in [-0.39, 0.29) is 5.91 Å². The van der Waals surface area contributed by atoms with Gasteiger partial charge in [0.1, 0.15) is 0 Å². The molecule has 0 fully saturated rings. The minimum Gasteiger partial charge on any atom is -0.350 e. The highest BCUT2D eigenvalue weighted by molar-refractivity contribution is 6.05. The molecule has 14 heavy (non-hydrogen) atoms. The number of para-hydroxylation sites is 1. The van der Waals surface area contributed by atoms with Crippen LogP contribution in [-0.4, -0.2) is 22.0 Å². The van der Waals surface area contributed by atoms with Crippen LogP contribution in [0.3, 0.4) is 0 Å². The number of aromatic nitrogens is 2. The second kappa shape index (κ2) is 2.57. The number of nitrogens with one attached hydrogen (secondary N) is 1. The second-order valence-electron chi connectivity index (χ2n) is 3.37. The molecule has 0 spiro atoms. The number of amides is 1. The van der Waals surface area contributed by atoms with Crippen LogP contribution < -0.4 is 5.32 Å². The summed E-state index contributed by atoms with van der Waals surface area (Å²) in [5.41, 5.74) is 2.56. The van der Waals surface area contributed by atoms with Crippen molar-refractivity contribution in [3.8, 4) is 0 Å². The van der Waals surface area contributed by atoms with Crippen LogP contribution in [0, 0.1) is 0 Å². The topological polar surface area (TPSA) is 46.9 Å². The lowest BCUT2D eigenvalue weighted by Crippen LogP contribution is -2.24. The summed E-state index contributed by atoms with van der Waals surface area (Å²) < 4.78 is 2.02. The molecule has 1 aliphatic rings. The van der Waals surface area contributed by atoms with Gasteiger partial charge in [0.15, 0.2) is 0 Å². The molecule has 0 atom stereocenters. The Balaban J connectivity index is 2.44. The van der Waals surface area contributed by atoms with Crippen LogP contribution >= 0.6 is 0 Å². The molecule has 70 valence electrons. The van der Waals surface area contributed by atoms with Gasteiger partial charge < -0.3 is 9.88 Å². The number of nitrogens with zero attached hydrogens (tertiary/aromatic N) is 2. The van der Waals surface area contributed by atoms with Gasteiger partial charge in [-0.3, -0.25) is 4.79 Å². The van der Waals surface area contributed by atoms with Crippen LogP contribution in [0.15, 0.2) is 24.5 Å². The molecule has 4 nitrogen and oxygen atoms in total. The number of hydrogen-bond acceptors (Lipinski definition) is 2. The van der Waals surface area contributed by atoms with Crippen molar-refractivity contribution in [2.45, 2.75) is 6.54 Å². The van der Waals surface area contributed by atoms with E-state index in [1.54, 1.807) is 6.33 Å². The van der Waals surface area contributed by atoms with Gasteiger partial charge in [0.25, 0.3) is 5.91 Å². The Morgan fingerprint density at radius 3 is 3.29 bits per heavy atom. The highest BCUT2D eigenvalue weighted by atomic mass is 16.1. The molecule has 3 rings (SSSR count). The summed E-state index contributed by atoms with van der Waals surface area (Å²) in [6.45, 7) is 1.46. The molecule has 1 aromatic heterocycles. The number of imidazole rings is 1. The lowest BCUT2D eigenvalue weighted by atomic mass is 10.2.